The highest BCUT2D eigenvalue weighted by atomic mass is 16.5. The molecular formula is C26H24O6. The number of ketones is 1. The fourth-order valence-electron chi connectivity index (χ4n) is 3.53. The summed E-state index contributed by atoms with van der Waals surface area (Å²) in [5.74, 6) is 3.23. The van der Waals surface area contributed by atoms with Crippen LogP contribution in [0.3, 0.4) is 0 Å². The van der Waals surface area contributed by atoms with Crippen molar-refractivity contribution in [1.82, 2.24) is 0 Å². The summed E-state index contributed by atoms with van der Waals surface area (Å²) < 4.78 is 27.7. The average Bonchev–Trinajstić information content (AvgIpc) is 3.13. The Labute approximate surface area is 186 Å². The topological polar surface area (TPSA) is 63.2 Å². The highest BCUT2D eigenvalue weighted by molar-refractivity contribution is 6.15. The van der Waals surface area contributed by atoms with E-state index in [-0.39, 0.29) is 11.5 Å². The molecule has 0 atom stereocenters. The first-order valence-corrected chi connectivity index (χ1v) is 10.1. The second-order valence-corrected chi connectivity index (χ2v) is 7.30. The van der Waals surface area contributed by atoms with E-state index in [9.17, 15) is 4.79 Å². The number of rotatable bonds is 7. The van der Waals surface area contributed by atoms with E-state index in [1.54, 1.807) is 45.6 Å². The maximum atomic E-state index is 13.0. The molecule has 0 saturated heterocycles. The van der Waals surface area contributed by atoms with Gasteiger partial charge in [-0.05, 0) is 54.5 Å². The molecule has 0 N–H and O–H groups in total. The van der Waals surface area contributed by atoms with E-state index in [1.165, 1.54) is 0 Å². The number of carbonyl (C=O) groups excluding carboxylic acids is 1. The molecule has 164 valence electrons. The lowest BCUT2D eigenvalue weighted by molar-refractivity contribution is 0.101. The van der Waals surface area contributed by atoms with Gasteiger partial charge in [0.25, 0.3) is 0 Å². The van der Waals surface area contributed by atoms with Crippen LogP contribution in [-0.4, -0.2) is 27.1 Å². The van der Waals surface area contributed by atoms with Crippen molar-refractivity contribution < 1.29 is 28.5 Å². The molecule has 1 heterocycles. The van der Waals surface area contributed by atoms with Gasteiger partial charge in [-0.15, -0.1) is 0 Å². The van der Waals surface area contributed by atoms with Crippen LogP contribution >= 0.6 is 0 Å². The van der Waals surface area contributed by atoms with Crippen molar-refractivity contribution in [2.75, 3.05) is 21.3 Å². The van der Waals surface area contributed by atoms with E-state index < -0.39 is 0 Å². The Bertz CT molecular complexity index is 1180. The zero-order chi connectivity index (χ0) is 22.7. The van der Waals surface area contributed by atoms with E-state index in [2.05, 4.69) is 0 Å². The van der Waals surface area contributed by atoms with Gasteiger partial charge < -0.3 is 23.7 Å². The normalized spacial score (nSPS) is 13.5. The number of hydrogen-bond donors (Lipinski definition) is 0. The highest BCUT2D eigenvalue weighted by Gasteiger charge is 2.30. The second-order valence-electron chi connectivity index (χ2n) is 7.30. The lowest BCUT2D eigenvalue weighted by atomic mass is 10.0. The molecule has 0 aromatic heterocycles. The van der Waals surface area contributed by atoms with Gasteiger partial charge in [0.2, 0.25) is 5.78 Å². The maximum absolute atomic E-state index is 13.0. The molecule has 0 aliphatic carbocycles. The van der Waals surface area contributed by atoms with Gasteiger partial charge in [-0.3, -0.25) is 4.79 Å². The summed E-state index contributed by atoms with van der Waals surface area (Å²) in [6, 6.07) is 16.6. The number of ether oxygens (including phenoxy) is 5. The van der Waals surface area contributed by atoms with Crippen LogP contribution in [-0.2, 0) is 6.61 Å². The van der Waals surface area contributed by atoms with Crippen molar-refractivity contribution in [3.05, 3.63) is 82.6 Å². The van der Waals surface area contributed by atoms with Crippen molar-refractivity contribution in [2.45, 2.75) is 13.5 Å². The second kappa shape index (κ2) is 9.06. The van der Waals surface area contributed by atoms with Gasteiger partial charge in [-0.2, -0.15) is 0 Å². The van der Waals surface area contributed by atoms with Crippen LogP contribution < -0.4 is 23.7 Å². The first kappa shape index (κ1) is 21.3. The van der Waals surface area contributed by atoms with Gasteiger partial charge in [0.1, 0.15) is 35.4 Å². The molecule has 3 aromatic carbocycles. The van der Waals surface area contributed by atoms with Crippen LogP contribution in [0.5, 0.6) is 28.7 Å². The van der Waals surface area contributed by atoms with Crippen LogP contribution in [0.1, 0.15) is 27.0 Å². The number of carbonyl (C=O) groups is 1. The average molecular weight is 432 g/mol. The smallest absolute Gasteiger partial charge is 0.232 e. The Balaban J connectivity index is 1.55. The van der Waals surface area contributed by atoms with Crippen molar-refractivity contribution in [3.8, 4) is 28.7 Å². The molecule has 4 rings (SSSR count). The minimum Gasteiger partial charge on any atom is -0.497 e. The summed E-state index contributed by atoms with van der Waals surface area (Å²) >= 11 is 0. The van der Waals surface area contributed by atoms with Gasteiger partial charge in [-0.1, -0.05) is 12.1 Å². The van der Waals surface area contributed by atoms with Gasteiger partial charge in [0, 0.05) is 17.7 Å². The third-order valence-corrected chi connectivity index (χ3v) is 5.24. The molecule has 6 heteroatoms. The molecule has 1 aliphatic rings. The van der Waals surface area contributed by atoms with Crippen molar-refractivity contribution >= 4 is 11.9 Å². The van der Waals surface area contributed by atoms with E-state index in [0.29, 0.717) is 35.2 Å². The first-order valence-electron chi connectivity index (χ1n) is 10.1. The number of hydrogen-bond acceptors (Lipinski definition) is 6. The van der Waals surface area contributed by atoms with E-state index >= 15 is 0 Å². The fraction of sp³-hybridized carbons (Fsp3) is 0.192. The number of aryl methyl sites for hydroxylation is 1. The van der Waals surface area contributed by atoms with Crippen molar-refractivity contribution in [2.24, 2.45) is 0 Å². The van der Waals surface area contributed by atoms with Gasteiger partial charge in [0.05, 0.1) is 26.9 Å². The summed E-state index contributed by atoms with van der Waals surface area (Å²) in [4.78, 5) is 13.0. The predicted molar refractivity (Wildman–Crippen MR) is 121 cm³/mol. The molecule has 1 aliphatic heterocycles. The van der Waals surface area contributed by atoms with Crippen LogP contribution in [0.15, 0.2) is 60.4 Å². The Morgan fingerprint density at radius 1 is 0.844 bits per heavy atom. The SMILES string of the molecule is COc1ccc(COc2cc(C)c3c(c2)O/C(=C\c2ccc(OC)cc2OC)C3=O)cc1. The van der Waals surface area contributed by atoms with Gasteiger partial charge in [-0.25, -0.2) is 0 Å². The lowest BCUT2D eigenvalue weighted by Gasteiger charge is -2.10. The van der Waals surface area contributed by atoms with E-state index in [4.69, 9.17) is 23.7 Å². The van der Waals surface area contributed by atoms with Gasteiger partial charge >= 0.3 is 0 Å². The number of Topliss-reactive ketones (excluding diaryl/α,β-unsaturated/α-hetero) is 1. The molecule has 0 radical (unpaired) electrons. The molecular weight excluding hydrogens is 408 g/mol. The summed E-state index contributed by atoms with van der Waals surface area (Å²) in [7, 11) is 4.79. The minimum atomic E-state index is -0.169. The first-order chi connectivity index (χ1) is 15.5. The van der Waals surface area contributed by atoms with Crippen LogP contribution in [0.2, 0.25) is 0 Å². The zero-order valence-electron chi connectivity index (χ0n) is 18.4. The zero-order valence-corrected chi connectivity index (χ0v) is 18.4. The third kappa shape index (κ3) is 4.25. The largest absolute Gasteiger partial charge is 0.497 e. The van der Waals surface area contributed by atoms with Crippen LogP contribution in [0.25, 0.3) is 6.08 Å². The Hall–Kier alpha value is -3.93. The third-order valence-electron chi connectivity index (χ3n) is 5.24. The molecule has 0 saturated carbocycles. The summed E-state index contributed by atoms with van der Waals surface area (Å²) in [6.45, 7) is 2.26. The molecule has 0 amide bonds. The summed E-state index contributed by atoms with van der Waals surface area (Å²) in [5, 5.41) is 0. The summed E-state index contributed by atoms with van der Waals surface area (Å²) in [6.07, 6.45) is 1.68. The quantitative estimate of drug-likeness (QED) is 0.477. The van der Waals surface area contributed by atoms with Crippen LogP contribution in [0, 0.1) is 6.92 Å². The highest BCUT2D eigenvalue weighted by Crippen LogP contribution is 2.38. The van der Waals surface area contributed by atoms with Crippen LogP contribution in [0.4, 0.5) is 0 Å². The molecule has 0 unspecified atom stereocenters. The number of allylic oxidation sites excluding steroid dienone is 1. The Morgan fingerprint density at radius 3 is 2.25 bits per heavy atom. The van der Waals surface area contributed by atoms with E-state index in [1.807, 2.05) is 43.3 Å². The van der Waals surface area contributed by atoms with Crippen molar-refractivity contribution in [1.29, 1.82) is 0 Å². The molecule has 32 heavy (non-hydrogen) atoms. The summed E-state index contributed by atoms with van der Waals surface area (Å²) in [5.41, 5.74) is 3.06. The molecule has 3 aromatic rings. The number of fused-ring (bicyclic) bond motifs is 1. The number of benzene rings is 3. The monoisotopic (exact) mass is 432 g/mol. The minimum absolute atomic E-state index is 0.169. The Morgan fingerprint density at radius 2 is 1.56 bits per heavy atom. The lowest BCUT2D eigenvalue weighted by Crippen LogP contribution is -2.00. The predicted octanol–water partition coefficient (Wildman–Crippen LogP) is 5.22. The standard InChI is InChI=1S/C26H24O6/c1-16-11-21(31-15-17-5-8-19(28-2)9-6-17)14-23-25(16)26(27)24(32-23)12-18-7-10-20(29-3)13-22(18)30-4/h5-14H,15H2,1-4H3/b24-12-. The molecule has 0 spiro atoms. The fourth-order valence-corrected chi connectivity index (χ4v) is 3.53. The van der Waals surface area contributed by atoms with Gasteiger partial charge in [0.15, 0.2) is 5.76 Å². The molecule has 6 nitrogen and oxygen atoms in total. The molecule has 0 bridgehead atoms. The maximum Gasteiger partial charge on any atom is 0.232 e. The molecule has 0 fully saturated rings. The van der Waals surface area contributed by atoms with E-state index in [0.717, 1.165) is 22.4 Å². The van der Waals surface area contributed by atoms with Crippen molar-refractivity contribution in [3.63, 3.8) is 0 Å². The Kier molecular flexibility index (Phi) is 6.03. The number of methoxy groups -OCH3 is 3.